The maximum absolute atomic E-state index is 6.01. The summed E-state index contributed by atoms with van der Waals surface area (Å²) in [4.78, 5) is 0. The summed E-state index contributed by atoms with van der Waals surface area (Å²) in [5.41, 5.74) is 9.15. The second-order valence-electron chi connectivity index (χ2n) is 4.30. The lowest BCUT2D eigenvalue weighted by atomic mass is 9.99. The number of rotatable bonds is 4. The van der Waals surface area contributed by atoms with Gasteiger partial charge in [-0.15, -0.1) is 0 Å². The van der Waals surface area contributed by atoms with Gasteiger partial charge < -0.3 is 10.3 Å². The van der Waals surface area contributed by atoms with Gasteiger partial charge in [-0.1, -0.05) is 42.4 Å². The monoisotopic (exact) mass is 230 g/mol. The fraction of sp³-hybridized carbons (Fsp3) is 0.357. The van der Waals surface area contributed by atoms with Crippen LogP contribution in [0, 0.1) is 6.92 Å². The smallest absolute Gasteiger partial charge is 0.137 e. The van der Waals surface area contributed by atoms with Crippen molar-refractivity contribution in [3.63, 3.8) is 0 Å². The molecule has 1 heterocycles. The highest BCUT2D eigenvalue weighted by Gasteiger charge is 2.16. The molecule has 3 nitrogen and oxygen atoms in total. The molecule has 0 saturated heterocycles. The van der Waals surface area contributed by atoms with E-state index in [0.717, 1.165) is 35.4 Å². The Balaban J connectivity index is 2.36. The Hall–Kier alpha value is -1.61. The molecule has 17 heavy (non-hydrogen) atoms. The summed E-state index contributed by atoms with van der Waals surface area (Å²) in [6.07, 6.45) is 1.77. The van der Waals surface area contributed by atoms with Crippen LogP contribution in [-0.2, 0) is 6.42 Å². The molecule has 2 N–H and O–H groups in total. The van der Waals surface area contributed by atoms with Crippen LogP contribution in [0.5, 0.6) is 0 Å². The van der Waals surface area contributed by atoms with Crippen LogP contribution in [0.15, 0.2) is 34.9 Å². The first-order chi connectivity index (χ1) is 8.22. The summed E-state index contributed by atoms with van der Waals surface area (Å²) in [6, 6.07) is 10.2. The van der Waals surface area contributed by atoms with Gasteiger partial charge in [0.1, 0.15) is 11.5 Å². The third-order valence-corrected chi connectivity index (χ3v) is 3.02. The lowest BCUT2D eigenvalue weighted by molar-refractivity contribution is 0.397. The molecule has 0 fully saturated rings. The average Bonchev–Trinajstić information content (AvgIpc) is 2.72. The Morgan fingerprint density at radius 2 is 2.00 bits per heavy atom. The van der Waals surface area contributed by atoms with Crippen molar-refractivity contribution in [1.82, 2.24) is 5.16 Å². The van der Waals surface area contributed by atoms with E-state index in [1.807, 2.05) is 37.3 Å². The molecule has 0 aliphatic heterocycles. The third kappa shape index (κ3) is 2.56. The zero-order chi connectivity index (χ0) is 12.3. The molecule has 0 radical (unpaired) electrons. The molecule has 1 aromatic carbocycles. The maximum atomic E-state index is 6.01. The Labute approximate surface area is 102 Å². The highest BCUT2D eigenvalue weighted by atomic mass is 16.5. The van der Waals surface area contributed by atoms with E-state index >= 15 is 0 Å². The number of aryl methyl sites for hydroxylation is 1. The summed E-state index contributed by atoms with van der Waals surface area (Å²) in [6.45, 7) is 4.03. The fourth-order valence-electron chi connectivity index (χ4n) is 1.86. The number of hydrogen-bond acceptors (Lipinski definition) is 3. The minimum Gasteiger partial charge on any atom is -0.361 e. The van der Waals surface area contributed by atoms with Gasteiger partial charge in [-0.05, 0) is 19.8 Å². The van der Waals surface area contributed by atoms with E-state index in [0.29, 0.717) is 0 Å². The largest absolute Gasteiger partial charge is 0.361 e. The molecule has 0 saturated carbocycles. The van der Waals surface area contributed by atoms with Crippen molar-refractivity contribution in [1.29, 1.82) is 0 Å². The fourth-order valence-corrected chi connectivity index (χ4v) is 1.86. The van der Waals surface area contributed by atoms with Crippen molar-refractivity contribution in [2.75, 3.05) is 0 Å². The maximum Gasteiger partial charge on any atom is 0.137 e. The summed E-state index contributed by atoms with van der Waals surface area (Å²) in [7, 11) is 0. The van der Waals surface area contributed by atoms with E-state index in [2.05, 4.69) is 12.1 Å². The third-order valence-electron chi connectivity index (χ3n) is 3.02. The van der Waals surface area contributed by atoms with Crippen LogP contribution < -0.4 is 5.73 Å². The molecule has 2 aromatic rings. The van der Waals surface area contributed by atoms with Crippen molar-refractivity contribution < 1.29 is 4.52 Å². The second kappa shape index (κ2) is 5.15. The number of hydrogen-bond donors (Lipinski definition) is 1. The van der Waals surface area contributed by atoms with Gasteiger partial charge in [-0.2, -0.15) is 0 Å². The molecule has 1 atom stereocenters. The van der Waals surface area contributed by atoms with E-state index in [4.69, 9.17) is 10.3 Å². The SMILES string of the molecule is CCC(N)Cc1c(-c2ccccc2)noc1C. The highest BCUT2D eigenvalue weighted by molar-refractivity contribution is 5.63. The van der Waals surface area contributed by atoms with Gasteiger partial charge in [0.05, 0.1) is 0 Å². The van der Waals surface area contributed by atoms with Gasteiger partial charge in [0.2, 0.25) is 0 Å². The van der Waals surface area contributed by atoms with Crippen LogP contribution in [0.4, 0.5) is 0 Å². The number of nitrogens with zero attached hydrogens (tertiary/aromatic N) is 1. The first kappa shape index (κ1) is 11.9. The predicted molar refractivity (Wildman–Crippen MR) is 68.6 cm³/mol. The van der Waals surface area contributed by atoms with Gasteiger partial charge in [0.25, 0.3) is 0 Å². The molecule has 90 valence electrons. The van der Waals surface area contributed by atoms with Crippen molar-refractivity contribution in [3.8, 4) is 11.3 Å². The van der Waals surface area contributed by atoms with Gasteiger partial charge in [-0.3, -0.25) is 0 Å². The van der Waals surface area contributed by atoms with Crippen LogP contribution in [-0.4, -0.2) is 11.2 Å². The minimum absolute atomic E-state index is 0.163. The Kier molecular flexibility index (Phi) is 3.59. The topological polar surface area (TPSA) is 52.0 Å². The molecule has 0 aliphatic rings. The van der Waals surface area contributed by atoms with Gasteiger partial charge in [-0.25, -0.2) is 0 Å². The van der Waals surface area contributed by atoms with Crippen LogP contribution in [0.3, 0.4) is 0 Å². The highest BCUT2D eigenvalue weighted by Crippen LogP contribution is 2.26. The molecule has 0 aliphatic carbocycles. The first-order valence-electron chi connectivity index (χ1n) is 5.98. The molecule has 2 rings (SSSR count). The van der Waals surface area contributed by atoms with E-state index in [1.54, 1.807) is 0 Å². The standard InChI is InChI=1S/C14H18N2O/c1-3-12(15)9-13-10(2)17-16-14(13)11-7-5-4-6-8-11/h4-8,12H,3,9,15H2,1-2H3. The van der Waals surface area contributed by atoms with E-state index in [1.165, 1.54) is 0 Å². The van der Waals surface area contributed by atoms with E-state index in [9.17, 15) is 0 Å². The normalized spacial score (nSPS) is 12.6. The quantitative estimate of drug-likeness (QED) is 0.878. The van der Waals surface area contributed by atoms with Crippen LogP contribution in [0.2, 0.25) is 0 Å². The molecule has 0 amide bonds. The van der Waals surface area contributed by atoms with Crippen LogP contribution in [0.1, 0.15) is 24.7 Å². The zero-order valence-electron chi connectivity index (χ0n) is 10.3. The Bertz CT molecular complexity index is 476. The molecule has 0 spiro atoms. The van der Waals surface area contributed by atoms with Gasteiger partial charge in [0.15, 0.2) is 0 Å². The second-order valence-corrected chi connectivity index (χ2v) is 4.30. The van der Waals surface area contributed by atoms with Crippen molar-refractivity contribution >= 4 is 0 Å². The number of benzene rings is 1. The molecular weight excluding hydrogens is 212 g/mol. The summed E-state index contributed by atoms with van der Waals surface area (Å²) in [5, 5.41) is 4.14. The summed E-state index contributed by atoms with van der Waals surface area (Å²) in [5.74, 6) is 0.868. The molecule has 1 aromatic heterocycles. The van der Waals surface area contributed by atoms with Crippen LogP contribution >= 0.6 is 0 Å². The zero-order valence-corrected chi connectivity index (χ0v) is 10.3. The number of nitrogens with two attached hydrogens (primary N) is 1. The summed E-state index contributed by atoms with van der Waals surface area (Å²) >= 11 is 0. The number of aromatic nitrogens is 1. The average molecular weight is 230 g/mol. The van der Waals surface area contributed by atoms with Crippen LogP contribution in [0.25, 0.3) is 11.3 Å². The molecular formula is C14H18N2O. The molecule has 3 heteroatoms. The minimum atomic E-state index is 0.163. The Morgan fingerprint density at radius 1 is 1.29 bits per heavy atom. The van der Waals surface area contributed by atoms with E-state index < -0.39 is 0 Å². The molecule has 0 bridgehead atoms. The summed E-state index contributed by atoms with van der Waals surface area (Å²) < 4.78 is 5.29. The predicted octanol–water partition coefficient (Wildman–Crippen LogP) is 2.93. The van der Waals surface area contributed by atoms with Crippen molar-refractivity contribution in [2.45, 2.75) is 32.7 Å². The van der Waals surface area contributed by atoms with Gasteiger partial charge >= 0.3 is 0 Å². The van der Waals surface area contributed by atoms with Gasteiger partial charge in [0, 0.05) is 17.2 Å². The lowest BCUT2D eigenvalue weighted by Crippen LogP contribution is -2.21. The van der Waals surface area contributed by atoms with Crippen molar-refractivity contribution in [2.24, 2.45) is 5.73 Å². The van der Waals surface area contributed by atoms with E-state index in [-0.39, 0.29) is 6.04 Å². The lowest BCUT2D eigenvalue weighted by Gasteiger charge is -2.08. The Morgan fingerprint density at radius 3 is 2.65 bits per heavy atom. The molecule has 1 unspecified atom stereocenters. The van der Waals surface area contributed by atoms with Crippen molar-refractivity contribution in [3.05, 3.63) is 41.7 Å². The first-order valence-corrected chi connectivity index (χ1v) is 5.98.